The lowest BCUT2D eigenvalue weighted by atomic mass is 10.1. The van der Waals surface area contributed by atoms with Crippen LogP contribution in [-0.4, -0.2) is 32.1 Å². The van der Waals surface area contributed by atoms with E-state index in [0.717, 1.165) is 16.0 Å². The van der Waals surface area contributed by atoms with Crippen LogP contribution >= 0.6 is 11.3 Å². The number of hydrogen-bond donors (Lipinski definition) is 0. The van der Waals surface area contributed by atoms with Crippen LogP contribution in [0.4, 0.5) is 4.39 Å². The van der Waals surface area contributed by atoms with Crippen molar-refractivity contribution in [2.24, 2.45) is 0 Å². The van der Waals surface area contributed by atoms with Gasteiger partial charge in [0.15, 0.2) is 11.5 Å². The third-order valence-electron chi connectivity index (χ3n) is 4.18. The molecule has 2 aromatic carbocycles. The molecular formula is C21H20FNO3S. The van der Waals surface area contributed by atoms with Gasteiger partial charge in [0.2, 0.25) is 0 Å². The molecule has 0 aliphatic rings. The summed E-state index contributed by atoms with van der Waals surface area (Å²) < 4.78 is 23.8. The van der Waals surface area contributed by atoms with E-state index in [4.69, 9.17) is 9.47 Å². The van der Waals surface area contributed by atoms with E-state index in [9.17, 15) is 9.18 Å². The van der Waals surface area contributed by atoms with Crippen LogP contribution in [0.3, 0.4) is 0 Å². The third kappa shape index (κ3) is 4.11. The van der Waals surface area contributed by atoms with Gasteiger partial charge in [-0.2, -0.15) is 0 Å². The number of benzene rings is 2. The average molecular weight is 385 g/mol. The van der Waals surface area contributed by atoms with Gasteiger partial charge in [-0.15, -0.1) is 11.3 Å². The molecule has 1 heterocycles. The third-order valence-corrected chi connectivity index (χ3v) is 5.31. The topological polar surface area (TPSA) is 38.8 Å². The predicted octanol–water partition coefficient (Wildman–Crippen LogP) is 4.84. The van der Waals surface area contributed by atoms with E-state index >= 15 is 0 Å². The van der Waals surface area contributed by atoms with E-state index in [-0.39, 0.29) is 11.7 Å². The van der Waals surface area contributed by atoms with Gasteiger partial charge in [-0.25, -0.2) is 4.39 Å². The van der Waals surface area contributed by atoms with Gasteiger partial charge in [0.05, 0.1) is 19.1 Å². The quantitative estimate of drug-likeness (QED) is 0.609. The van der Waals surface area contributed by atoms with Crippen molar-refractivity contribution in [3.63, 3.8) is 0 Å². The van der Waals surface area contributed by atoms with Gasteiger partial charge in [-0.1, -0.05) is 24.3 Å². The van der Waals surface area contributed by atoms with Crippen LogP contribution in [0.1, 0.15) is 15.2 Å². The summed E-state index contributed by atoms with van der Waals surface area (Å²) in [5, 5.41) is 0. The molecule has 0 spiro atoms. The van der Waals surface area contributed by atoms with Gasteiger partial charge >= 0.3 is 0 Å². The molecule has 140 valence electrons. The first-order valence-corrected chi connectivity index (χ1v) is 9.16. The molecule has 0 saturated carbocycles. The zero-order valence-corrected chi connectivity index (χ0v) is 16.2. The van der Waals surface area contributed by atoms with E-state index in [1.165, 1.54) is 23.5 Å². The summed E-state index contributed by atoms with van der Waals surface area (Å²) in [7, 11) is 4.91. The molecule has 1 amide bonds. The lowest BCUT2D eigenvalue weighted by Gasteiger charge is -2.19. The number of amides is 1. The van der Waals surface area contributed by atoms with Crippen LogP contribution in [-0.2, 0) is 6.54 Å². The Balaban J connectivity index is 1.78. The van der Waals surface area contributed by atoms with E-state index in [1.54, 1.807) is 44.4 Å². The van der Waals surface area contributed by atoms with Crippen molar-refractivity contribution in [3.05, 3.63) is 70.9 Å². The number of thiophene rings is 1. The van der Waals surface area contributed by atoms with E-state index in [2.05, 4.69) is 0 Å². The van der Waals surface area contributed by atoms with Crippen LogP contribution < -0.4 is 9.47 Å². The molecule has 0 bridgehead atoms. The van der Waals surface area contributed by atoms with E-state index in [0.29, 0.717) is 22.9 Å². The van der Waals surface area contributed by atoms with Crippen LogP contribution in [0, 0.1) is 5.82 Å². The minimum Gasteiger partial charge on any atom is -0.493 e. The van der Waals surface area contributed by atoms with Crippen molar-refractivity contribution in [2.45, 2.75) is 6.54 Å². The number of nitrogens with zero attached hydrogens (tertiary/aromatic N) is 1. The first kappa shape index (κ1) is 18.9. The number of para-hydroxylation sites is 1. The molecule has 0 atom stereocenters. The molecule has 4 nitrogen and oxygen atoms in total. The van der Waals surface area contributed by atoms with E-state index < -0.39 is 0 Å². The summed E-state index contributed by atoms with van der Waals surface area (Å²) in [5.41, 5.74) is 1.75. The summed E-state index contributed by atoms with van der Waals surface area (Å²) in [6.07, 6.45) is 0. The Morgan fingerprint density at radius 1 is 1.04 bits per heavy atom. The van der Waals surface area contributed by atoms with Gasteiger partial charge in [0.25, 0.3) is 5.91 Å². The predicted molar refractivity (Wildman–Crippen MR) is 105 cm³/mol. The number of hydrogen-bond acceptors (Lipinski definition) is 4. The largest absolute Gasteiger partial charge is 0.493 e. The molecule has 0 unspecified atom stereocenters. The van der Waals surface area contributed by atoms with Gasteiger partial charge in [0, 0.05) is 24.0 Å². The molecule has 0 saturated heterocycles. The highest BCUT2D eigenvalue weighted by atomic mass is 32.1. The normalized spacial score (nSPS) is 10.5. The molecule has 3 rings (SSSR count). The Morgan fingerprint density at radius 3 is 2.44 bits per heavy atom. The average Bonchev–Trinajstić information content (AvgIpc) is 3.17. The summed E-state index contributed by atoms with van der Waals surface area (Å²) in [5.74, 6) is 0.889. The van der Waals surface area contributed by atoms with Gasteiger partial charge < -0.3 is 14.4 Å². The fourth-order valence-corrected chi connectivity index (χ4v) is 3.82. The number of halogens is 1. The Kier molecular flexibility index (Phi) is 5.76. The molecule has 3 aromatic rings. The van der Waals surface area contributed by atoms with Crippen molar-refractivity contribution in [1.29, 1.82) is 0 Å². The Morgan fingerprint density at radius 2 is 1.78 bits per heavy atom. The summed E-state index contributed by atoms with van der Waals surface area (Å²) in [6, 6.07) is 15.5. The van der Waals surface area contributed by atoms with Gasteiger partial charge in [-0.05, 0) is 35.9 Å². The molecule has 0 N–H and O–H groups in total. The number of carbonyl (C=O) groups is 1. The number of rotatable bonds is 6. The Labute approximate surface area is 161 Å². The minimum absolute atomic E-state index is 0.0850. The maximum absolute atomic E-state index is 13.1. The molecule has 27 heavy (non-hydrogen) atoms. The Bertz CT molecular complexity index is 937. The minimum atomic E-state index is -0.279. The second-order valence-corrected chi connectivity index (χ2v) is 7.07. The van der Waals surface area contributed by atoms with Crippen molar-refractivity contribution in [1.82, 2.24) is 4.90 Å². The van der Waals surface area contributed by atoms with Crippen molar-refractivity contribution in [3.8, 4) is 21.9 Å². The first-order valence-electron chi connectivity index (χ1n) is 8.34. The first-order chi connectivity index (χ1) is 13.0. The van der Waals surface area contributed by atoms with Crippen LogP contribution in [0.5, 0.6) is 11.5 Å². The summed E-state index contributed by atoms with van der Waals surface area (Å²) in [4.78, 5) is 16.0. The molecule has 0 radical (unpaired) electrons. The standard InChI is InChI=1S/C21H20FNO3S/c1-23(13-15-5-4-6-17(25-2)20(15)26-3)21(24)19-12-11-18(27-19)14-7-9-16(22)10-8-14/h4-12H,13H2,1-3H3. The highest BCUT2D eigenvalue weighted by molar-refractivity contribution is 7.17. The van der Waals surface area contributed by atoms with Crippen LogP contribution in [0.15, 0.2) is 54.6 Å². The monoisotopic (exact) mass is 385 g/mol. The van der Waals surface area contributed by atoms with Crippen LogP contribution in [0.2, 0.25) is 0 Å². The van der Waals surface area contributed by atoms with Gasteiger partial charge in [-0.3, -0.25) is 4.79 Å². The second-order valence-electron chi connectivity index (χ2n) is 5.98. The number of methoxy groups -OCH3 is 2. The van der Waals surface area contributed by atoms with Crippen LogP contribution in [0.25, 0.3) is 10.4 Å². The van der Waals surface area contributed by atoms with Crippen molar-refractivity contribution in [2.75, 3.05) is 21.3 Å². The number of ether oxygens (including phenoxy) is 2. The molecule has 1 aromatic heterocycles. The summed E-state index contributed by atoms with van der Waals surface area (Å²) in [6.45, 7) is 0.392. The lowest BCUT2D eigenvalue weighted by molar-refractivity contribution is 0.0789. The second kappa shape index (κ2) is 8.22. The SMILES string of the molecule is COc1cccc(CN(C)C(=O)c2ccc(-c3ccc(F)cc3)s2)c1OC. The maximum Gasteiger partial charge on any atom is 0.263 e. The lowest BCUT2D eigenvalue weighted by Crippen LogP contribution is -2.25. The molecule has 0 aliphatic carbocycles. The molecule has 6 heteroatoms. The zero-order valence-electron chi connectivity index (χ0n) is 15.4. The molecule has 0 aliphatic heterocycles. The van der Waals surface area contributed by atoms with E-state index in [1.807, 2.05) is 24.3 Å². The highest BCUT2D eigenvalue weighted by Gasteiger charge is 2.18. The maximum atomic E-state index is 13.1. The fourth-order valence-electron chi connectivity index (χ4n) is 2.82. The van der Waals surface area contributed by atoms with Crippen molar-refractivity contribution >= 4 is 17.2 Å². The molecular weight excluding hydrogens is 365 g/mol. The fraction of sp³-hybridized carbons (Fsp3) is 0.190. The number of carbonyl (C=O) groups excluding carboxylic acids is 1. The smallest absolute Gasteiger partial charge is 0.263 e. The van der Waals surface area contributed by atoms with Crippen molar-refractivity contribution < 1.29 is 18.7 Å². The zero-order chi connectivity index (χ0) is 19.4. The highest BCUT2D eigenvalue weighted by Crippen LogP contribution is 2.32. The Hall–Kier alpha value is -2.86. The summed E-state index contributed by atoms with van der Waals surface area (Å²) >= 11 is 1.39. The van der Waals surface area contributed by atoms with Gasteiger partial charge in [0.1, 0.15) is 5.82 Å². The molecule has 0 fully saturated rings.